The Kier molecular flexibility index (Phi) is 3.15. The van der Waals surface area contributed by atoms with Crippen molar-refractivity contribution >= 4 is 27.5 Å². The lowest BCUT2D eigenvalue weighted by Gasteiger charge is -2.00. The number of hydrogen-bond acceptors (Lipinski definition) is 4. The van der Waals surface area contributed by atoms with E-state index in [4.69, 9.17) is 10.2 Å². The molecule has 2 aromatic rings. The fourth-order valence-corrected chi connectivity index (χ4v) is 1.83. The van der Waals surface area contributed by atoms with Crippen LogP contribution in [-0.2, 0) is 0 Å². The van der Waals surface area contributed by atoms with Crippen molar-refractivity contribution in [2.24, 2.45) is 5.73 Å². The number of carbonyl (C=O) groups excluding carboxylic acids is 1. The standard InChI is InChI=1S/C11H7BrN2O4/c12-6-1-2-7(8(5-6)14(16)17)9-3-4-10(18-9)11(13)15/h1-5H,(H2,13,15). The summed E-state index contributed by atoms with van der Waals surface area (Å²) in [6, 6.07) is 7.39. The number of primary amides is 1. The Bertz CT molecular complexity index is 636. The summed E-state index contributed by atoms with van der Waals surface area (Å²) in [6.07, 6.45) is 0. The van der Waals surface area contributed by atoms with Gasteiger partial charge in [-0.1, -0.05) is 15.9 Å². The van der Waals surface area contributed by atoms with E-state index in [1.54, 1.807) is 6.07 Å². The first-order chi connectivity index (χ1) is 8.49. The van der Waals surface area contributed by atoms with Crippen molar-refractivity contribution in [3.63, 3.8) is 0 Å². The molecule has 0 saturated carbocycles. The van der Waals surface area contributed by atoms with Gasteiger partial charge in [-0.05, 0) is 24.3 Å². The molecule has 0 saturated heterocycles. The van der Waals surface area contributed by atoms with Gasteiger partial charge >= 0.3 is 0 Å². The minimum atomic E-state index is -0.721. The van der Waals surface area contributed by atoms with Crippen molar-refractivity contribution in [1.29, 1.82) is 0 Å². The summed E-state index contributed by atoms with van der Waals surface area (Å²) in [5.74, 6) is -0.536. The molecule has 0 spiro atoms. The molecule has 0 bridgehead atoms. The summed E-state index contributed by atoms with van der Waals surface area (Å²) in [6.45, 7) is 0. The molecule has 1 amide bonds. The van der Waals surface area contributed by atoms with Gasteiger partial charge in [0, 0.05) is 10.5 Å². The molecule has 0 aliphatic heterocycles. The normalized spacial score (nSPS) is 10.3. The van der Waals surface area contributed by atoms with E-state index in [1.807, 2.05) is 0 Å². The van der Waals surface area contributed by atoms with E-state index in [9.17, 15) is 14.9 Å². The van der Waals surface area contributed by atoms with Gasteiger partial charge in [-0.3, -0.25) is 14.9 Å². The van der Waals surface area contributed by atoms with Crippen molar-refractivity contribution in [2.75, 3.05) is 0 Å². The minimum Gasteiger partial charge on any atom is -0.451 e. The average molecular weight is 311 g/mol. The highest BCUT2D eigenvalue weighted by molar-refractivity contribution is 9.10. The van der Waals surface area contributed by atoms with Gasteiger partial charge in [-0.2, -0.15) is 0 Å². The number of hydrogen-bond donors (Lipinski definition) is 1. The van der Waals surface area contributed by atoms with Crippen molar-refractivity contribution < 1.29 is 14.1 Å². The molecular formula is C11H7BrN2O4. The van der Waals surface area contributed by atoms with Gasteiger partial charge in [-0.25, -0.2) is 0 Å². The highest BCUT2D eigenvalue weighted by atomic mass is 79.9. The van der Waals surface area contributed by atoms with Crippen LogP contribution in [0.1, 0.15) is 10.6 Å². The molecule has 0 fully saturated rings. The number of carbonyl (C=O) groups is 1. The van der Waals surface area contributed by atoms with E-state index in [0.717, 1.165) is 0 Å². The zero-order valence-corrected chi connectivity index (χ0v) is 10.5. The smallest absolute Gasteiger partial charge is 0.284 e. The Morgan fingerprint density at radius 3 is 2.61 bits per heavy atom. The van der Waals surface area contributed by atoms with Gasteiger partial charge in [0.05, 0.1) is 10.5 Å². The van der Waals surface area contributed by atoms with Gasteiger partial charge in [0.15, 0.2) is 5.76 Å². The van der Waals surface area contributed by atoms with E-state index in [0.29, 0.717) is 4.47 Å². The summed E-state index contributed by atoms with van der Waals surface area (Å²) in [5.41, 5.74) is 5.22. The predicted molar refractivity (Wildman–Crippen MR) is 67.0 cm³/mol. The summed E-state index contributed by atoms with van der Waals surface area (Å²) < 4.78 is 5.75. The van der Waals surface area contributed by atoms with Crippen LogP contribution in [0.3, 0.4) is 0 Å². The first kappa shape index (κ1) is 12.3. The third-order valence-electron chi connectivity index (χ3n) is 2.27. The van der Waals surface area contributed by atoms with Crippen LogP contribution in [0.15, 0.2) is 39.2 Å². The second-order valence-corrected chi connectivity index (χ2v) is 4.36. The monoisotopic (exact) mass is 310 g/mol. The topological polar surface area (TPSA) is 99.4 Å². The number of nitrogens with two attached hydrogens (primary N) is 1. The Hall–Kier alpha value is -2.15. The van der Waals surface area contributed by atoms with Gasteiger partial charge in [-0.15, -0.1) is 0 Å². The summed E-state index contributed by atoms with van der Waals surface area (Å²) in [5, 5.41) is 10.9. The first-order valence-electron chi connectivity index (χ1n) is 4.83. The molecule has 0 atom stereocenters. The zero-order chi connectivity index (χ0) is 13.3. The number of halogens is 1. The predicted octanol–water partition coefficient (Wildman–Crippen LogP) is 2.72. The van der Waals surface area contributed by atoms with Crippen LogP contribution < -0.4 is 5.73 Å². The van der Waals surface area contributed by atoms with Crippen LogP contribution >= 0.6 is 15.9 Å². The lowest BCUT2D eigenvalue weighted by atomic mass is 10.1. The molecule has 1 heterocycles. The molecule has 1 aromatic heterocycles. The Balaban J connectivity index is 2.55. The van der Waals surface area contributed by atoms with Crippen LogP contribution in [0.25, 0.3) is 11.3 Å². The maximum atomic E-state index is 10.9. The van der Waals surface area contributed by atoms with Gasteiger partial charge in [0.1, 0.15) is 5.76 Å². The van der Waals surface area contributed by atoms with Crippen molar-refractivity contribution in [3.05, 3.63) is 50.7 Å². The molecule has 0 radical (unpaired) electrons. The highest BCUT2D eigenvalue weighted by Crippen LogP contribution is 2.33. The molecular weight excluding hydrogens is 304 g/mol. The molecule has 0 aliphatic carbocycles. The SMILES string of the molecule is NC(=O)c1ccc(-c2ccc(Br)cc2[N+](=O)[O-])o1. The highest BCUT2D eigenvalue weighted by Gasteiger charge is 2.19. The molecule has 2 N–H and O–H groups in total. The largest absolute Gasteiger partial charge is 0.451 e. The molecule has 2 rings (SSSR count). The maximum absolute atomic E-state index is 10.9. The number of nitro benzene ring substituents is 1. The second kappa shape index (κ2) is 4.61. The molecule has 0 aliphatic rings. The van der Waals surface area contributed by atoms with E-state index in [1.165, 1.54) is 24.3 Å². The molecule has 0 unspecified atom stereocenters. The molecule has 1 aromatic carbocycles. The van der Waals surface area contributed by atoms with Crippen LogP contribution in [0.2, 0.25) is 0 Å². The Labute approximate surface area is 110 Å². The number of benzene rings is 1. The number of rotatable bonds is 3. The Morgan fingerprint density at radius 1 is 1.33 bits per heavy atom. The number of amides is 1. The summed E-state index contributed by atoms with van der Waals surface area (Å²) >= 11 is 3.16. The number of nitro groups is 1. The maximum Gasteiger partial charge on any atom is 0.284 e. The van der Waals surface area contributed by atoms with Crippen LogP contribution in [0.4, 0.5) is 5.69 Å². The number of furan rings is 1. The third kappa shape index (κ3) is 2.25. The van der Waals surface area contributed by atoms with Crippen LogP contribution in [0.5, 0.6) is 0 Å². The molecule has 6 nitrogen and oxygen atoms in total. The molecule has 7 heteroatoms. The van der Waals surface area contributed by atoms with E-state index < -0.39 is 10.8 Å². The van der Waals surface area contributed by atoms with Crippen LogP contribution in [0, 0.1) is 10.1 Å². The molecule has 18 heavy (non-hydrogen) atoms. The summed E-state index contributed by atoms with van der Waals surface area (Å²) in [7, 11) is 0. The van der Waals surface area contributed by atoms with Gasteiger partial charge in [0.2, 0.25) is 0 Å². The lowest BCUT2D eigenvalue weighted by molar-refractivity contribution is -0.384. The fraction of sp³-hybridized carbons (Fsp3) is 0. The van der Waals surface area contributed by atoms with Crippen molar-refractivity contribution in [2.45, 2.75) is 0 Å². The quantitative estimate of drug-likeness (QED) is 0.695. The van der Waals surface area contributed by atoms with E-state index in [-0.39, 0.29) is 22.8 Å². The van der Waals surface area contributed by atoms with Crippen molar-refractivity contribution in [1.82, 2.24) is 0 Å². The Morgan fingerprint density at radius 2 is 2.06 bits per heavy atom. The minimum absolute atomic E-state index is 0.0396. The molecule has 92 valence electrons. The van der Waals surface area contributed by atoms with E-state index in [2.05, 4.69) is 15.9 Å². The van der Waals surface area contributed by atoms with Gasteiger partial charge < -0.3 is 10.2 Å². The third-order valence-corrected chi connectivity index (χ3v) is 2.76. The second-order valence-electron chi connectivity index (χ2n) is 3.45. The average Bonchev–Trinajstić information content (AvgIpc) is 2.78. The van der Waals surface area contributed by atoms with Gasteiger partial charge in [0.25, 0.3) is 11.6 Å². The van der Waals surface area contributed by atoms with E-state index >= 15 is 0 Å². The fourth-order valence-electron chi connectivity index (χ4n) is 1.48. The lowest BCUT2D eigenvalue weighted by Crippen LogP contribution is -2.09. The first-order valence-corrected chi connectivity index (χ1v) is 5.62. The van der Waals surface area contributed by atoms with Crippen molar-refractivity contribution in [3.8, 4) is 11.3 Å². The summed E-state index contributed by atoms with van der Waals surface area (Å²) in [4.78, 5) is 21.3. The van der Waals surface area contributed by atoms with Crippen LogP contribution in [-0.4, -0.2) is 10.8 Å². The number of nitrogens with zero attached hydrogens (tertiary/aromatic N) is 1. The zero-order valence-electron chi connectivity index (χ0n) is 8.92.